The third kappa shape index (κ3) is 4.52. The number of imide groups is 1. The first-order valence-corrected chi connectivity index (χ1v) is 10.4. The Morgan fingerprint density at radius 1 is 1.03 bits per heavy atom. The molecule has 0 bridgehead atoms. The van der Waals surface area contributed by atoms with Crippen LogP contribution in [0.5, 0.6) is 0 Å². The highest BCUT2D eigenvalue weighted by atomic mass is 16.6. The standard InChI is InChI=1S/C21H28N4O5/c1-3-22-11-13-23(14-12-22)19-18(16-6-8-17(9-7-16)25(28)29)20(26)24(21(19)27)10-5-15-30-4-2/h6-9H,3-5,10-15H2,1-2H3. The molecule has 1 aromatic carbocycles. The lowest BCUT2D eigenvalue weighted by Crippen LogP contribution is -2.47. The smallest absolute Gasteiger partial charge is 0.277 e. The van der Waals surface area contributed by atoms with E-state index < -0.39 is 4.92 Å². The zero-order valence-corrected chi connectivity index (χ0v) is 17.5. The molecule has 1 fully saturated rings. The van der Waals surface area contributed by atoms with Crippen molar-refractivity contribution in [3.8, 4) is 0 Å². The van der Waals surface area contributed by atoms with Gasteiger partial charge in [0.25, 0.3) is 17.5 Å². The van der Waals surface area contributed by atoms with Gasteiger partial charge < -0.3 is 14.5 Å². The number of nitro benzene ring substituents is 1. The topological polar surface area (TPSA) is 96.2 Å². The molecule has 0 spiro atoms. The molecule has 2 aliphatic heterocycles. The summed E-state index contributed by atoms with van der Waals surface area (Å²) in [6, 6.07) is 5.82. The van der Waals surface area contributed by atoms with Crippen molar-refractivity contribution >= 4 is 23.1 Å². The second-order valence-electron chi connectivity index (χ2n) is 7.26. The van der Waals surface area contributed by atoms with E-state index in [9.17, 15) is 19.7 Å². The average molecular weight is 416 g/mol. The summed E-state index contributed by atoms with van der Waals surface area (Å²) in [6.45, 7) is 9.24. The van der Waals surface area contributed by atoms with Crippen LogP contribution in [0.4, 0.5) is 5.69 Å². The van der Waals surface area contributed by atoms with Crippen molar-refractivity contribution in [2.75, 3.05) is 52.5 Å². The summed E-state index contributed by atoms with van der Waals surface area (Å²) >= 11 is 0. The summed E-state index contributed by atoms with van der Waals surface area (Å²) in [5.74, 6) is -0.645. The van der Waals surface area contributed by atoms with Crippen LogP contribution < -0.4 is 0 Å². The van der Waals surface area contributed by atoms with Gasteiger partial charge in [0.1, 0.15) is 5.70 Å². The number of carbonyl (C=O) groups is 2. The van der Waals surface area contributed by atoms with Gasteiger partial charge in [-0.15, -0.1) is 0 Å². The Hall–Kier alpha value is -2.78. The van der Waals surface area contributed by atoms with Gasteiger partial charge in [-0.2, -0.15) is 0 Å². The third-order valence-corrected chi connectivity index (χ3v) is 5.52. The average Bonchev–Trinajstić information content (AvgIpc) is 3.01. The SMILES string of the molecule is CCOCCCN1C(=O)C(c2ccc([N+](=O)[O-])cc2)=C(N2CCN(CC)CC2)C1=O. The van der Waals surface area contributed by atoms with Crippen LogP contribution in [0.1, 0.15) is 25.8 Å². The number of non-ortho nitro benzene ring substituents is 1. The van der Waals surface area contributed by atoms with Gasteiger partial charge in [0.05, 0.1) is 10.5 Å². The van der Waals surface area contributed by atoms with Crippen molar-refractivity contribution in [1.29, 1.82) is 0 Å². The molecule has 3 rings (SSSR count). The normalized spacial score (nSPS) is 17.9. The zero-order chi connectivity index (χ0) is 21.7. The van der Waals surface area contributed by atoms with Gasteiger partial charge in [0.15, 0.2) is 0 Å². The highest BCUT2D eigenvalue weighted by Crippen LogP contribution is 2.33. The van der Waals surface area contributed by atoms with Crippen LogP contribution in [0.3, 0.4) is 0 Å². The van der Waals surface area contributed by atoms with Crippen LogP contribution in [-0.2, 0) is 14.3 Å². The molecule has 30 heavy (non-hydrogen) atoms. The van der Waals surface area contributed by atoms with Crippen LogP contribution >= 0.6 is 0 Å². The molecule has 2 heterocycles. The second-order valence-corrected chi connectivity index (χ2v) is 7.26. The monoisotopic (exact) mass is 416 g/mol. The lowest BCUT2D eigenvalue weighted by Gasteiger charge is -2.36. The van der Waals surface area contributed by atoms with E-state index in [0.29, 0.717) is 49.6 Å². The molecule has 0 radical (unpaired) electrons. The molecule has 2 aliphatic rings. The summed E-state index contributed by atoms with van der Waals surface area (Å²) in [5, 5.41) is 11.0. The van der Waals surface area contributed by atoms with E-state index in [2.05, 4.69) is 11.8 Å². The largest absolute Gasteiger partial charge is 0.382 e. The maximum atomic E-state index is 13.2. The van der Waals surface area contributed by atoms with E-state index >= 15 is 0 Å². The van der Waals surface area contributed by atoms with Crippen molar-refractivity contribution < 1.29 is 19.2 Å². The molecule has 0 unspecified atom stereocenters. The molecular weight excluding hydrogens is 388 g/mol. The summed E-state index contributed by atoms with van der Waals surface area (Å²) < 4.78 is 5.34. The summed E-state index contributed by atoms with van der Waals surface area (Å²) in [6.07, 6.45) is 0.565. The van der Waals surface area contributed by atoms with Crippen LogP contribution in [-0.4, -0.2) is 83.9 Å². The fourth-order valence-corrected chi connectivity index (χ4v) is 3.83. The number of ether oxygens (including phenoxy) is 1. The number of rotatable bonds is 9. The highest BCUT2D eigenvalue weighted by molar-refractivity contribution is 6.35. The lowest BCUT2D eigenvalue weighted by atomic mass is 10.0. The van der Waals surface area contributed by atoms with Gasteiger partial charge in [0, 0.05) is 58.1 Å². The predicted molar refractivity (Wildman–Crippen MR) is 112 cm³/mol. The Morgan fingerprint density at radius 3 is 2.27 bits per heavy atom. The van der Waals surface area contributed by atoms with Crippen LogP contribution in [0.25, 0.3) is 5.57 Å². The minimum absolute atomic E-state index is 0.0530. The van der Waals surface area contributed by atoms with Gasteiger partial charge >= 0.3 is 0 Å². The molecule has 1 aromatic rings. The van der Waals surface area contributed by atoms with Crippen molar-refractivity contribution in [2.24, 2.45) is 0 Å². The van der Waals surface area contributed by atoms with E-state index in [4.69, 9.17) is 4.74 Å². The van der Waals surface area contributed by atoms with Crippen LogP contribution in [0, 0.1) is 10.1 Å². The van der Waals surface area contributed by atoms with Crippen LogP contribution in [0.15, 0.2) is 30.0 Å². The fourth-order valence-electron chi connectivity index (χ4n) is 3.83. The van der Waals surface area contributed by atoms with Gasteiger partial charge in [-0.25, -0.2) is 0 Å². The Labute approximate surface area is 176 Å². The molecule has 162 valence electrons. The van der Waals surface area contributed by atoms with E-state index in [1.807, 2.05) is 11.8 Å². The minimum Gasteiger partial charge on any atom is -0.382 e. The molecule has 1 saturated heterocycles. The molecule has 0 saturated carbocycles. The summed E-state index contributed by atoms with van der Waals surface area (Å²) in [4.78, 5) is 42.5. The Kier molecular flexibility index (Phi) is 7.17. The molecular formula is C21H28N4O5. The van der Waals surface area contributed by atoms with Crippen molar-refractivity contribution in [3.05, 3.63) is 45.6 Å². The fraction of sp³-hybridized carbons (Fsp3) is 0.524. The Balaban J connectivity index is 1.91. The van der Waals surface area contributed by atoms with E-state index in [-0.39, 0.29) is 24.0 Å². The number of benzene rings is 1. The van der Waals surface area contributed by atoms with E-state index in [1.165, 1.54) is 17.0 Å². The second kappa shape index (κ2) is 9.82. The number of carbonyl (C=O) groups excluding carboxylic acids is 2. The van der Waals surface area contributed by atoms with Crippen LogP contribution in [0.2, 0.25) is 0 Å². The first-order chi connectivity index (χ1) is 14.5. The molecule has 2 amide bonds. The third-order valence-electron chi connectivity index (χ3n) is 5.52. The molecule has 0 aromatic heterocycles. The number of hydrogen-bond donors (Lipinski definition) is 0. The molecule has 0 N–H and O–H groups in total. The summed E-state index contributed by atoms with van der Waals surface area (Å²) in [7, 11) is 0. The number of nitrogens with zero attached hydrogens (tertiary/aromatic N) is 4. The van der Waals surface area contributed by atoms with Crippen molar-refractivity contribution in [1.82, 2.24) is 14.7 Å². The first kappa shape index (κ1) is 21.9. The number of piperazine rings is 1. The summed E-state index contributed by atoms with van der Waals surface area (Å²) in [5.41, 5.74) is 1.21. The van der Waals surface area contributed by atoms with Gasteiger partial charge in [0.2, 0.25) is 0 Å². The molecule has 0 atom stereocenters. The number of hydrogen-bond acceptors (Lipinski definition) is 7. The molecule has 9 nitrogen and oxygen atoms in total. The lowest BCUT2D eigenvalue weighted by molar-refractivity contribution is -0.384. The van der Waals surface area contributed by atoms with Crippen molar-refractivity contribution in [2.45, 2.75) is 20.3 Å². The Morgan fingerprint density at radius 2 is 1.70 bits per heavy atom. The van der Waals surface area contributed by atoms with Gasteiger partial charge in [-0.05, 0) is 37.6 Å². The maximum absolute atomic E-state index is 13.2. The predicted octanol–water partition coefficient (Wildman–Crippen LogP) is 1.74. The van der Waals surface area contributed by atoms with Crippen molar-refractivity contribution in [3.63, 3.8) is 0 Å². The molecule has 9 heteroatoms. The maximum Gasteiger partial charge on any atom is 0.277 e. The number of amides is 2. The Bertz CT molecular complexity index is 828. The minimum atomic E-state index is -0.481. The zero-order valence-electron chi connectivity index (χ0n) is 17.5. The van der Waals surface area contributed by atoms with Gasteiger partial charge in [-0.1, -0.05) is 6.92 Å². The molecule has 0 aliphatic carbocycles. The number of nitro groups is 1. The first-order valence-electron chi connectivity index (χ1n) is 10.4. The van der Waals surface area contributed by atoms with E-state index in [1.54, 1.807) is 12.1 Å². The highest BCUT2D eigenvalue weighted by Gasteiger charge is 2.41. The number of likely N-dealkylation sites (N-methyl/N-ethyl adjacent to an activating group) is 1. The van der Waals surface area contributed by atoms with E-state index in [0.717, 1.165) is 19.6 Å². The van der Waals surface area contributed by atoms with Gasteiger partial charge in [-0.3, -0.25) is 24.6 Å². The quantitative estimate of drug-likeness (QED) is 0.262.